The molecule has 0 aliphatic heterocycles. The molecule has 1 amide bonds. The lowest BCUT2D eigenvalue weighted by molar-refractivity contribution is 0.102. The van der Waals surface area contributed by atoms with Gasteiger partial charge in [0.2, 0.25) is 0 Å². The van der Waals surface area contributed by atoms with Crippen LogP contribution in [0.2, 0.25) is 5.02 Å². The fraction of sp³-hybridized carbons (Fsp3) is 0.333. The van der Waals surface area contributed by atoms with Gasteiger partial charge in [0, 0.05) is 44.4 Å². The standard InChI is InChI=1S/C33H36ClN3OS/c1-20-8-7-9-27(16-20)37-21(2)17-23(22(37)3)19-35-32-30(31(38)36-26-13-11-25(34)12-14-26)28-15-10-24(33(4,5)6)18-29(28)39-32/h7-9,11-14,16-17,19,24H,10,15,18H2,1-6H3,(H,36,38)/t24-/m1/s1. The Hall–Kier alpha value is -3.15. The van der Waals surface area contributed by atoms with Crippen LogP contribution >= 0.6 is 22.9 Å². The summed E-state index contributed by atoms with van der Waals surface area (Å²) < 4.78 is 2.26. The summed E-state index contributed by atoms with van der Waals surface area (Å²) in [6.45, 7) is 13.3. The molecule has 202 valence electrons. The summed E-state index contributed by atoms with van der Waals surface area (Å²) >= 11 is 7.73. The number of carbonyl (C=O) groups is 1. The van der Waals surface area contributed by atoms with Crippen molar-refractivity contribution in [3.8, 4) is 5.69 Å². The monoisotopic (exact) mass is 557 g/mol. The van der Waals surface area contributed by atoms with Crippen molar-refractivity contribution in [3.63, 3.8) is 0 Å². The third-order valence-corrected chi connectivity index (χ3v) is 9.27. The number of nitrogens with zero attached hydrogens (tertiary/aromatic N) is 2. The number of carbonyl (C=O) groups excluding carboxylic acids is 1. The van der Waals surface area contributed by atoms with Gasteiger partial charge >= 0.3 is 0 Å². The average Bonchev–Trinajstić information content (AvgIpc) is 3.39. The second-order valence-electron chi connectivity index (χ2n) is 11.7. The minimum atomic E-state index is -0.110. The zero-order chi connectivity index (χ0) is 27.9. The summed E-state index contributed by atoms with van der Waals surface area (Å²) in [7, 11) is 0. The van der Waals surface area contributed by atoms with E-state index in [1.54, 1.807) is 23.5 Å². The largest absolute Gasteiger partial charge is 0.322 e. The Morgan fingerprint density at radius 2 is 1.85 bits per heavy atom. The number of nitrogens with one attached hydrogen (secondary N) is 1. The van der Waals surface area contributed by atoms with Crippen LogP contribution in [0, 0.1) is 32.1 Å². The van der Waals surface area contributed by atoms with Crippen LogP contribution in [0.25, 0.3) is 5.69 Å². The first-order chi connectivity index (χ1) is 18.5. The normalized spacial score (nSPS) is 15.5. The molecule has 0 saturated carbocycles. The van der Waals surface area contributed by atoms with Crippen molar-refractivity contribution in [2.24, 2.45) is 16.3 Å². The van der Waals surface area contributed by atoms with Gasteiger partial charge in [0.1, 0.15) is 5.00 Å². The molecule has 4 nitrogen and oxygen atoms in total. The number of halogens is 1. The van der Waals surface area contributed by atoms with E-state index < -0.39 is 0 Å². The van der Waals surface area contributed by atoms with Crippen molar-refractivity contribution in [2.45, 2.75) is 60.8 Å². The van der Waals surface area contributed by atoms with Crippen molar-refractivity contribution in [1.82, 2.24) is 4.57 Å². The highest BCUT2D eigenvalue weighted by Gasteiger charge is 2.33. The molecule has 0 unspecified atom stereocenters. The molecule has 5 rings (SSSR count). The van der Waals surface area contributed by atoms with E-state index in [2.05, 4.69) is 81.8 Å². The number of hydrogen-bond donors (Lipinski definition) is 1. The van der Waals surface area contributed by atoms with Crippen molar-refractivity contribution < 1.29 is 4.79 Å². The molecule has 0 spiro atoms. The van der Waals surface area contributed by atoms with E-state index in [0.717, 1.165) is 58.2 Å². The van der Waals surface area contributed by atoms with E-state index in [1.807, 2.05) is 18.3 Å². The molecule has 0 radical (unpaired) electrons. The van der Waals surface area contributed by atoms with Crippen LogP contribution in [0.15, 0.2) is 59.6 Å². The van der Waals surface area contributed by atoms with Crippen LogP contribution in [-0.4, -0.2) is 16.7 Å². The molecule has 39 heavy (non-hydrogen) atoms. The van der Waals surface area contributed by atoms with Gasteiger partial charge in [0.05, 0.1) is 5.56 Å². The van der Waals surface area contributed by atoms with Gasteiger partial charge in [-0.15, -0.1) is 11.3 Å². The topological polar surface area (TPSA) is 46.4 Å². The number of amides is 1. The van der Waals surface area contributed by atoms with E-state index in [4.69, 9.17) is 16.6 Å². The molecule has 1 N–H and O–H groups in total. The maximum atomic E-state index is 13.7. The lowest BCUT2D eigenvalue weighted by Gasteiger charge is -2.33. The number of anilines is 1. The van der Waals surface area contributed by atoms with E-state index >= 15 is 0 Å². The number of benzene rings is 2. The van der Waals surface area contributed by atoms with Gasteiger partial charge < -0.3 is 9.88 Å². The van der Waals surface area contributed by atoms with Crippen LogP contribution in [0.3, 0.4) is 0 Å². The molecule has 2 heterocycles. The van der Waals surface area contributed by atoms with Gasteiger partial charge in [-0.3, -0.25) is 4.79 Å². The van der Waals surface area contributed by atoms with E-state index in [1.165, 1.54) is 10.4 Å². The molecule has 0 bridgehead atoms. The highest BCUT2D eigenvalue weighted by atomic mass is 35.5. The smallest absolute Gasteiger partial charge is 0.259 e. The molecular weight excluding hydrogens is 522 g/mol. The van der Waals surface area contributed by atoms with Crippen molar-refractivity contribution >= 4 is 45.7 Å². The first kappa shape index (κ1) is 27.4. The molecule has 6 heteroatoms. The summed E-state index contributed by atoms with van der Waals surface area (Å²) in [5, 5.41) is 4.50. The van der Waals surface area contributed by atoms with Gasteiger partial charge in [-0.1, -0.05) is 44.5 Å². The zero-order valence-electron chi connectivity index (χ0n) is 23.6. The quantitative estimate of drug-likeness (QED) is 0.244. The van der Waals surface area contributed by atoms with Crippen LogP contribution in [-0.2, 0) is 12.8 Å². The summed E-state index contributed by atoms with van der Waals surface area (Å²) in [6.07, 6.45) is 4.89. The molecular formula is C33H36ClN3OS. The van der Waals surface area contributed by atoms with E-state index in [9.17, 15) is 4.79 Å². The Labute approximate surface area is 240 Å². The number of aromatic nitrogens is 1. The zero-order valence-corrected chi connectivity index (χ0v) is 25.1. The number of thiophene rings is 1. The second-order valence-corrected chi connectivity index (χ2v) is 13.2. The van der Waals surface area contributed by atoms with Crippen molar-refractivity contribution in [3.05, 3.63) is 98.1 Å². The van der Waals surface area contributed by atoms with Crippen LogP contribution in [0.1, 0.15) is 70.5 Å². The van der Waals surface area contributed by atoms with E-state index in [0.29, 0.717) is 16.5 Å². The number of fused-ring (bicyclic) bond motifs is 1. The first-order valence-electron chi connectivity index (χ1n) is 13.5. The number of aryl methyl sites for hydroxylation is 2. The first-order valence-corrected chi connectivity index (χ1v) is 14.7. The van der Waals surface area contributed by atoms with Gasteiger partial charge in [-0.25, -0.2) is 4.99 Å². The molecule has 0 fully saturated rings. The molecule has 1 atom stereocenters. The fourth-order valence-corrected chi connectivity index (χ4v) is 6.97. The minimum Gasteiger partial charge on any atom is -0.322 e. The molecule has 4 aromatic rings. The van der Waals surface area contributed by atoms with Gasteiger partial charge in [0.15, 0.2) is 0 Å². The number of aliphatic imine (C=N–C) groups is 1. The third-order valence-electron chi connectivity index (χ3n) is 7.85. The SMILES string of the molecule is Cc1cccc(-n2c(C)cc(C=Nc3sc4c(c3C(=O)Nc3ccc(Cl)cc3)CC[C@@H](C(C)(C)C)C4)c2C)c1. The molecule has 0 saturated heterocycles. The molecule has 2 aromatic heterocycles. The summed E-state index contributed by atoms with van der Waals surface area (Å²) in [5.74, 6) is 0.474. The van der Waals surface area contributed by atoms with Crippen LogP contribution in [0.4, 0.5) is 10.7 Å². The lowest BCUT2D eigenvalue weighted by atomic mass is 9.72. The Balaban J connectivity index is 1.52. The second kappa shape index (κ2) is 10.8. The van der Waals surface area contributed by atoms with Gasteiger partial charge in [0.25, 0.3) is 5.91 Å². The Bertz CT molecular complexity index is 1550. The fourth-order valence-electron chi connectivity index (χ4n) is 5.57. The maximum Gasteiger partial charge on any atom is 0.259 e. The van der Waals surface area contributed by atoms with Gasteiger partial charge in [-0.2, -0.15) is 0 Å². The highest BCUT2D eigenvalue weighted by molar-refractivity contribution is 7.16. The Morgan fingerprint density at radius 3 is 2.54 bits per heavy atom. The van der Waals surface area contributed by atoms with Crippen LogP contribution < -0.4 is 5.32 Å². The third kappa shape index (κ3) is 5.75. The Morgan fingerprint density at radius 1 is 1.10 bits per heavy atom. The predicted octanol–water partition coefficient (Wildman–Crippen LogP) is 9.27. The molecule has 1 aliphatic rings. The average molecular weight is 558 g/mol. The Kier molecular flexibility index (Phi) is 7.58. The van der Waals surface area contributed by atoms with Crippen molar-refractivity contribution in [2.75, 3.05) is 5.32 Å². The maximum absolute atomic E-state index is 13.7. The molecule has 1 aliphatic carbocycles. The number of rotatable bonds is 5. The minimum absolute atomic E-state index is 0.110. The summed E-state index contributed by atoms with van der Waals surface area (Å²) in [4.78, 5) is 19.9. The van der Waals surface area contributed by atoms with Crippen LogP contribution in [0.5, 0.6) is 0 Å². The number of hydrogen-bond acceptors (Lipinski definition) is 3. The molecule has 2 aromatic carbocycles. The highest BCUT2D eigenvalue weighted by Crippen LogP contribution is 2.45. The lowest BCUT2D eigenvalue weighted by Crippen LogP contribution is -2.27. The van der Waals surface area contributed by atoms with E-state index in [-0.39, 0.29) is 11.3 Å². The summed E-state index contributed by atoms with van der Waals surface area (Å²) in [6, 6.07) is 17.9. The van der Waals surface area contributed by atoms with Crippen molar-refractivity contribution in [1.29, 1.82) is 0 Å². The summed E-state index contributed by atoms with van der Waals surface area (Å²) in [5.41, 5.74) is 8.52. The van der Waals surface area contributed by atoms with Gasteiger partial charge in [-0.05, 0) is 105 Å². The predicted molar refractivity (Wildman–Crippen MR) is 166 cm³/mol.